The Labute approximate surface area is 146 Å². The Morgan fingerprint density at radius 2 is 1.83 bits per heavy atom. The monoisotopic (exact) mass is 349 g/mol. The number of hydrogen-bond donors (Lipinski definition) is 0. The van der Waals surface area contributed by atoms with Crippen LogP contribution >= 0.6 is 23.1 Å². The van der Waals surface area contributed by atoms with Gasteiger partial charge in [0.15, 0.2) is 0 Å². The molecule has 124 valence electrons. The lowest BCUT2D eigenvalue weighted by molar-refractivity contribution is -0.139. The van der Waals surface area contributed by atoms with Gasteiger partial charge in [-0.1, -0.05) is 45.1 Å². The van der Waals surface area contributed by atoms with Crippen molar-refractivity contribution in [1.29, 1.82) is 0 Å². The van der Waals surface area contributed by atoms with Crippen molar-refractivity contribution >= 4 is 40.5 Å². The predicted octanol–water partition coefficient (Wildman–Crippen LogP) is 4.69. The number of carbonyl (C=O) groups is 2. The molecule has 1 aliphatic heterocycles. The minimum Gasteiger partial charge on any atom is -0.271 e. The number of hydrogen-bond acceptors (Lipinski definition) is 4. The van der Waals surface area contributed by atoms with Gasteiger partial charge in [0.1, 0.15) is 0 Å². The summed E-state index contributed by atoms with van der Waals surface area (Å²) in [5, 5.41) is 1.97. The van der Waals surface area contributed by atoms with Gasteiger partial charge in [0, 0.05) is 10.9 Å². The van der Waals surface area contributed by atoms with Crippen molar-refractivity contribution in [2.45, 2.75) is 57.9 Å². The van der Waals surface area contributed by atoms with Gasteiger partial charge < -0.3 is 0 Å². The number of amides is 2. The van der Waals surface area contributed by atoms with Crippen LogP contribution in [-0.2, 0) is 9.59 Å². The summed E-state index contributed by atoms with van der Waals surface area (Å²) in [5.74, 6) is 0.677. The van der Waals surface area contributed by atoms with Gasteiger partial charge in [0.05, 0.1) is 10.5 Å². The molecular formula is C18H23NO2S2. The molecule has 2 heterocycles. The smallest absolute Gasteiger partial charge is 0.268 e. The largest absolute Gasteiger partial charge is 0.271 e. The first kappa shape index (κ1) is 16.8. The van der Waals surface area contributed by atoms with Crippen molar-refractivity contribution in [3.8, 4) is 0 Å². The molecule has 2 amide bonds. The quantitative estimate of drug-likeness (QED) is 0.740. The van der Waals surface area contributed by atoms with E-state index in [-0.39, 0.29) is 17.9 Å². The van der Waals surface area contributed by atoms with Crippen LogP contribution in [0.3, 0.4) is 0 Å². The average Bonchev–Trinajstić information content (AvgIpc) is 3.09. The highest BCUT2D eigenvalue weighted by Gasteiger charge is 2.42. The van der Waals surface area contributed by atoms with Gasteiger partial charge in [0.2, 0.25) is 0 Å². The zero-order valence-electron chi connectivity index (χ0n) is 13.5. The Balaban J connectivity index is 1.90. The van der Waals surface area contributed by atoms with E-state index in [1.54, 1.807) is 16.2 Å². The van der Waals surface area contributed by atoms with E-state index in [0.29, 0.717) is 10.5 Å². The minimum absolute atomic E-state index is 0.0594. The number of thiophene rings is 1. The molecule has 0 N–H and O–H groups in total. The van der Waals surface area contributed by atoms with E-state index in [0.717, 1.165) is 36.3 Å². The van der Waals surface area contributed by atoms with Crippen LogP contribution in [0.5, 0.6) is 0 Å². The van der Waals surface area contributed by atoms with Crippen LogP contribution < -0.4 is 0 Å². The molecule has 0 saturated heterocycles. The molecule has 3 nitrogen and oxygen atoms in total. The lowest BCUT2D eigenvalue weighted by Crippen LogP contribution is -2.41. The molecule has 1 aromatic rings. The van der Waals surface area contributed by atoms with Gasteiger partial charge in [0.25, 0.3) is 11.8 Å². The van der Waals surface area contributed by atoms with E-state index in [1.807, 2.05) is 24.4 Å². The van der Waals surface area contributed by atoms with Crippen molar-refractivity contribution < 1.29 is 9.59 Å². The highest BCUT2D eigenvalue weighted by Crippen LogP contribution is 2.40. The second-order valence-electron chi connectivity index (χ2n) is 6.09. The summed E-state index contributed by atoms with van der Waals surface area (Å²) in [6.07, 6.45) is 7.87. The molecular weight excluding hydrogens is 326 g/mol. The Kier molecular flexibility index (Phi) is 5.59. The molecule has 0 unspecified atom stereocenters. The molecule has 3 rings (SSSR count). The third-order valence-electron chi connectivity index (χ3n) is 4.57. The van der Waals surface area contributed by atoms with Crippen LogP contribution in [0.2, 0.25) is 0 Å². The van der Waals surface area contributed by atoms with Crippen LogP contribution in [0.25, 0.3) is 5.57 Å². The molecule has 23 heavy (non-hydrogen) atoms. The lowest BCUT2D eigenvalue weighted by Gasteiger charge is -2.28. The van der Waals surface area contributed by atoms with Gasteiger partial charge in [-0.05, 0) is 30.0 Å². The zero-order chi connectivity index (χ0) is 16.2. The number of imide groups is 1. The molecule has 0 atom stereocenters. The highest BCUT2D eigenvalue weighted by atomic mass is 32.2. The van der Waals surface area contributed by atoms with Crippen molar-refractivity contribution in [2.75, 3.05) is 5.75 Å². The Hall–Kier alpha value is -1.07. The summed E-state index contributed by atoms with van der Waals surface area (Å²) in [5.41, 5.74) is 0.638. The Morgan fingerprint density at radius 1 is 1.13 bits per heavy atom. The minimum atomic E-state index is -0.0704. The molecule has 0 bridgehead atoms. The van der Waals surface area contributed by atoms with E-state index >= 15 is 0 Å². The normalized spacial score (nSPS) is 21.0. The number of carbonyl (C=O) groups excluding carboxylic acids is 2. The standard InChI is InChI=1S/C18H23NO2S2/c1-2-22-16-15(14-11-8-12-23-14)17(20)19(18(16)21)13-9-6-4-3-5-7-10-13/h8,11-13H,2-7,9-10H2,1H3. The van der Waals surface area contributed by atoms with E-state index in [1.165, 1.54) is 31.0 Å². The number of rotatable bonds is 4. The van der Waals surface area contributed by atoms with E-state index in [4.69, 9.17) is 0 Å². The number of thioether (sulfide) groups is 1. The van der Waals surface area contributed by atoms with E-state index in [2.05, 4.69) is 0 Å². The fourth-order valence-corrected chi connectivity index (χ4v) is 5.15. The van der Waals surface area contributed by atoms with Gasteiger partial charge in [-0.25, -0.2) is 0 Å². The average molecular weight is 350 g/mol. The summed E-state index contributed by atoms with van der Waals surface area (Å²) in [6.45, 7) is 2.03. The maximum atomic E-state index is 13.0. The Morgan fingerprint density at radius 3 is 2.43 bits per heavy atom. The Bertz CT molecular complexity index is 599. The molecule has 0 aromatic carbocycles. The van der Waals surface area contributed by atoms with Crippen molar-refractivity contribution in [2.24, 2.45) is 0 Å². The molecule has 1 aromatic heterocycles. The highest BCUT2D eigenvalue weighted by molar-refractivity contribution is 8.04. The summed E-state index contributed by atoms with van der Waals surface area (Å²) in [4.78, 5) is 29.1. The van der Waals surface area contributed by atoms with Crippen molar-refractivity contribution in [3.63, 3.8) is 0 Å². The van der Waals surface area contributed by atoms with Gasteiger partial charge >= 0.3 is 0 Å². The zero-order valence-corrected chi connectivity index (χ0v) is 15.2. The van der Waals surface area contributed by atoms with Crippen molar-refractivity contribution in [3.05, 3.63) is 27.3 Å². The van der Waals surface area contributed by atoms with E-state index in [9.17, 15) is 9.59 Å². The first-order chi connectivity index (χ1) is 11.2. The molecule has 0 radical (unpaired) electrons. The summed E-state index contributed by atoms with van der Waals surface area (Å²) < 4.78 is 0. The first-order valence-corrected chi connectivity index (χ1v) is 10.4. The van der Waals surface area contributed by atoms with Gasteiger partial charge in [-0.2, -0.15) is 0 Å². The molecule has 2 aliphatic rings. The third-order valence-corrected chi connectivity index (χ3v) is 6.41. The fraction of sp³-hybridized carbons (Fsp3) is 0.556. The third kappa shape index (κ3) is 3.41. The summed E-state index contributed by atoms with van der Waals surface area (Å²) in [7, 11) is 0. The SMILES string of the molecule is CCSC1=C(c2cccs2)C(=O)N(C2CCCCCCC2)C1=O. The molecule has 0 spiro atoms. The summed E-state index contributed by atoms with van der Waals surface area (Å²) in [6, 6.07) is 3.97. The first-order valence-electron chi connectivity index (χ1n) is 8.53. The second-order valence-corrected chi connectivity index (χ2v) is 8.32. The maximum absolute atomic E-state index is 13.0. The molecule has 1 saturated carbocycles. The predicted molar refractivity (Wildman–Crippen MR) is 97.3 cm³/mol. The van der Waals surface area contributed by atoms with Crippen LogP contribution in [0.4, 0.5) is 0 Å². The molecule has 1 aliphatic carbocycles. The fourth-order valence-electron chi connectivity index (χ4n) is 3.47. The van der Waals surface area contributed by atoms with Gasteiger partial charge in [-0.3, -0.25) is 14.5 Å². The number of nitrogens with zero attached hydrogens (tertiary/aromatic N) is 1. The van der Waals surface area contributed by atoms with Crippen LogP contribution in [-0.4, -0.2) is 28.5 Å². The van der Waals surface area contributed by atoms with Crippen molar-refractivity contribution in [1.82, 2.24) is 4.90 Å². The second kappa shape index (κ2) is 7.67. The summed E-state index contributed by atoms with van der Waals surface area (Å²) >= 11 is 3.05. The van der Waals surface area contributed by atoms with Gasteiger partial charge in [-0.15, -0.1) is 23.1 Å². The lowest BCUT2D eigenvalue weighted by atomic mass is 9.95. The topological polar surface area (TPSA) is 37.4 Å². The maximum Gasteiger partial charge on any atom is 0.268 e. The van der Waals surface area contributed by atoms with Crippen LogP contribution in [0.1, 0.15) is 56.7 Å². The van der Waals surface area contributed by atoms with E-state index < -0.39 is 0 Å². The van der Waals surface area contributed by atoms with Crippen LogP contribution in [0.15, 0.2) is 22.4 Å². The molecule has 1 fully saturated rings. The van der Waals surface area contributed by atoms with Crippen LogP contribution in [0, 0.1) is 0 Å². The molecule has 5 heteroatoms.